The Labute approximate surface area is 168 Å². The molecule has 29 heavy (non-hydrogen) atoms. The monoisotopic (exact) mass is 394 g/mol. The average molecular weight is 394 g/mol. The molecule has 0 saturated carbocycles. The predicted octanol–water partition coefficient (Wildman–Crippen LogP) is 2.81. The van der Waals surface area contributed by atoms with Crippen LogP contribution in [0.15, 0.2) is 59.1 Å². The topological polar surface area (TPSA) is 62.5 Å². The van der Waals surface area contributed by atoms with E-state index in [1.54, 1.807) is 18.2 Å². The summed E-state index contributed by atoms with van der Waals surface area (Å²) in [7, 11) is 0. The van der Waals surface area contributed by atoms with E-state index in [-0.39, 0.29) is 18.1 Å². The number of hydrogen-bond acceptors (Lipinski definition) is 5. The average Bonchev–Trinajstić information content (AvgIpc) is 3.24. The van der Waals surface area contributed by atoms with E-state index in [1.165, 1.54) is 6.07 Å². The Balaban J connectivity index is 1.24. The molecule has 3 aromatic rings. The van der Waals surface area contributed by atoms with Gasteiger partial charge in [-0.15, -0.1) is 0 Å². The summed E-state index contributed by atoms with van der Waals surface area (Å²) in [5.41, 5.74) is 1.38. The highest BCUT2D eigenvalue weighted by molar-refractivity contribution is 5.79. The Morgan fingerprint density at radius 2 is 1.72 bits per heavy atom. The molecule has 1 amide bonds. The van der Waals surface area contributed by atoms with Gasteiger partial charge in [0.25, 0.3) is 0 Å². The molecular formula is C22H23FN4O2. The van der Waals surface area contributed by atoms with Crippen molar-refractivity contribution in [2.24, 2.45) is 0 Å². The van der Waals surface area contributed by atoms with Crippen LogP contribution >= 0.6 is 0 Å². The summed E-state index contributed by atoms with van der Waals surface area (Å²) >= 11 is 0. The third-order valence-corrected chi connectivity index (χ3v) is 5.17. The molecule has 0 bridgehead atoms. The van der Waals surface area contributed by atoms with Gasteiger partial charge < -0.3 is 9.42 Å². The summed E-state index contributed by atoms with van der Waals surface area (Å²) in [4.78, 5) is 21.0. The molecule has 2 aromatic carbocycles. The molecule has 0 radical (unpaired) electrons. The number of amides is 1. The maximum atomic E-state index is 13.8. The number of halogens is 1. The molecule has 4 rings (SSSR count). The standard InChI is InChI=1S/C22H23FN4O2/c23-19-9-5-4-8-18(19)16-21(28)27-14-12-26(13-15-27)11-10-20-24-22(25-29-20)17-6-2-1-3-7-17/h1-9H,10-16H2. The SMILES string of the molecule is O=C(Cc1ccccc1F)N1CCN(CCc2nc(-c3ccccc3)no2)CC1. The maximum absolute atomic E-state index is 13.8. The highest BCUT2D eigenvalue weighted by Crippen LogP contribution is 2.15. The second-order valence-electron chi connectivity index (χ2n) is 7.12. The van der Waals surface area contributed by atoms with Gasteiger partial charge in [0.15, 0.2) is 0 Å². The van der Waals surface area contributed by atoms with E-state index in [9.17, 15) is 9.18 Å². The smallest absolute Gasteiger partial charge is 0.228 e. The number of rotatable bonds is 6. The molecule has 0 N–H and O–H groups in total. The van der Waals surface area contributed by atoms with Crippen LogP contribution in [0.4, 0.5) is 4.39 Å². The fourth-order valence-corrected chi connectivity index (χ4v) is 3.45. The van der Waals surface area contributed by atoms with E-state index < -0.39 is 0 Å². The molecule has 2 heterocycles. The van der Waals surface area contributed by atoms with Gasteiger partial charge in [0.2, 0.25) is 17.6 Å². The molecule has 0 aliphatic carbocycles. The fourth-order valence-electron chi connectivity index (χ4n) is 3.45. The van der Waals surface area contributed by atoms with E-state index in [1.807, 2.05) is 35.2 Å². The molecule has 0 atom stereocenters. The minimum absolute atomic E-state index is 0.0286. The number of nitrogens with zero attached hydrogens (tertiary/aromatic N) is 4. The van der Waals surface area contributed by atoms with Crippen LogP contribution in [0.1, 0.15) is 11.5 Å². The Bertz CT molecular complexity index is 952. The summed E-state index contributed by atoms with van der Waals surface area (Å²) in [6.07, 6.45) is 0.778. The Morgan fingerprint density at radius 1 is 1.00 bits per heavy atom. The minimum atomic E-state index is -0.325. The zero-order valence-electron chi connectivity index (χ0n) is 16.1. The zero-order chi connectivity index (χ0) is 20.1. The van der Waals surface area contributed by atoms with Crippen molar-refractivity contribution in [1.82, 2.24) is 19.9 Å². The lowest BCUT2D eigenvalue weighted by Gasteiger charge is -2.34. The summed E-state index contributed by atoms with van der Waals surface area (Å²) in [5.74, 6) is 0.860. The first-order valence-corrected chi connectivity index (χ1v) is 9.80. The summed E-state index contributed by atoms with van der Waals surface area (Å²) in [6.45, 7) is 3.65. The van der Waals surface area contributed by atoms with Gasteiger partial charge >= 0.3 is 0 Å². The minimum Gasteiger partial charge on any atom is -0.340 e. The van der Waals surface area contributed by atoms with E-state index in [0.29, 0.717) is 36.8 Å². The highest BCUT2D eigenvalue weighted by atomic mass is 19.1. The Morgan fingerprint density at radius 3 is 2.48 bits per heavy atom. The van der Waals surface area contributed by atoms with Crippen LogP contribution in [0, 0.1) is 5.82 Å². The van der Waals surface area contributed by atoms with Gasteiger partial charge in [0, 0.05) is 44.7 Å². The molecule has 1 aliphatic rings. The molecule has 1 fully saturated rings. The van der Waals surface area contributed by atoms with Crippen molar-refractivity contribution in [3.63, 3.8) is 0 Å². The summed E-state index contributed by atoms with van der Waals surface area (Å²) in [6, 6.07) is 16.2. The molecule has 150 valence electrons. The third-order valence-electron chi connectivity index (χ3n) is 5.17. The summed E-state index contributed by atoms with van der Waals surface area (Å²) in [5, 5.41) is 4.04. The van der Waals surface area contributed by atoms with E-state index >= 15 is 0 Å². The Hall–Kier alpha value is -3.06. The van der Waals surface area contributed by atoms with Crippen molar-refractivity contribution >= 4 is 5.91 Å². The molecule has 0 unspecified atom stereocenters. The first kappa shape index (κ1) is 19.3. The summed E-state index contributed by atoms with van der Waals surface area (Å²) < 4.78 is 19.1. The van der Waals surface area contributed by atoms with E-state index in [0.717, 1.165) is 25.2 Å². The van der Waals surface area contributed by atoms with Crippen LogP contribution in [-0.2, 0) is 17.6 Å². The highest BCUT2D eigenvalue weighted by Gasteiger charge is 2.22. The second kappa shape index (κ2) is 8.96. The van der Waals surface area contributed by atoms with Crippen LogP contribution < -0.4 is 0 Å². The van der Waals surface area contributed by atoms with Crippen LogP contribution in [0.5, 0.6) is 0 Å². The number of aromatic nitrogens is 2. The van der Waals surface area contributed by atoms with Crippen molar-refractivity contribution in [2.45, 2.75) is 12.8 Å². The van der Waals surface area contributed by atoms with Gasteiger partial charge in [-0.1, -0.05) is 53.7 Å². The molecule has 1 aliphatic heterocycles. The van der Waals surface area contributed by atoms with Crippen molar-refractivity contribution < 1.29 is 13.7 Å². The number of carbonyl (C=O) groups is 1. The van der Waals surface area contributed by atoms with Gasteiger partial charge in [-0.2, -0.15) is 4.98 Å². The first-order valence-electron chi connectivity index (χ1n) is 9.80. The van der Waals surface area contributed by atoms with Crippen LogP contribution in [0.2, 0.25) is 0 Å². The third kappa shape index (κ3) is 4.86. The van der Waals surface area contributed by atoms with Crippen molar-refractivity contribution in [3.05, 3.63) is 71.9 Å². The van der Waals surface area contributed by atoms with Gasteiger partial charge in [0.05, 0.1) is 6.42 Å². The van der Waals surface area contributed by atoms with Crippen LogP contribution in [0.3, 0.4) is 0 Å². The number of carbonyl (C=O) groups excluding carboxylic acids is 1. The second-order valence-corrected chi connectivity index (χ2v) is 7.12. The van der Waals surface area contributed by atoms with Crippen LogP contribution in [-0.4, -0.2) is 58.6 Å². The zero-order valence-corrected chi connectivity index (χ0v) is 16.1. The van der Waals surface area contributed by atoms with Gasteiger partial charge in [-0.05, 0) is 11.6 Å². The molecule has 7 heteroatoms. The van der Waals surface area contributed by atoms with E-state index in [2.05, 4.69) is 15.0 Å². The van der Waals surface area contributed by atoms with Crippen molar-refractivity contribution in [3.8, 4) is 11.4 Å². The van der Waals surface area contributed by atoms with Gasteiger partial charge in [0.1, 0.15) is 5.82 Å². The maximum Gasteiger partial charge on any atom is 0.228 e. The van der Waals surface area contributed by atoms with E-state index in [4.69, 9.17) is 4.52 Å². The lowest BCUT2D eigenvalue weighted by atomic mass is 10.1. The molecule has 0 spiro atoms. The first-order chi connectivity index (χ1) is 14.2. The van der Waals surface area contributed by atoms with Gasteiger partial charge in [-0.3, -0.25) is 9.69 Å². The molecule has 6 nitrogen and oxygen atoms in total. The molecule has 1 saturated heterocycles. The predicted molar refractivity (Wildman–Crippen MR) is 107 cm³/mol. The molecule has 1 aromatic heterocycles. The number of benzene rings is 2. The normalized spacial score (nSPS) is 14.9. The van der Waals surface area contributed by atoms with Gasteiger partial charge in [-0.25, -0.2) is 4.39 Å². The van der Waals surface area contributed by atoms with Crippen LogP contribution in [0.25, 0.3) is 11.4 Å². The quantitative estimate of drug-likeness (QED) is 0.643. The van der Waals surface area contributed by atoms with Crippen molar-refractivity contribution in [1.29, 1.82) is 0 Å². The lowest BCUT2D eigenvalue weighted by Crippen LogP contribution is -2.49. The fraction of sp³-hybridized carbons (Fsp3) is 0.318. The lowest BCUT2D eigenvalue weighted by molar-refractivity contribution is -0.132. The number of piperazine rings is 1. The molecular weight excluding hydrogens is 371 g/mol. The Kier molecular flexibility index (Phi) is 5.95. The van der Waals surface area contributed by atoms with Crippen molar-refractivity contribution in [2.75, 3.05) is 32.7 Å². The number of hydrogen-bond donors (Lipinski definition) is 0. The largest absolute Gasteiger partial charge is 0.340 e.